The molecule has 0 saturated carbocycles. The van der Waals surface area contributed by atoms with Gasteiger partial charge >= 0.3 is 6.09 Å². The number of carbonyl (C=O) groups excluding carboxylic acids is 1. The SMILES string of the molecule is CC(C)(C)OC(=O)N1CC2(CCN(c3ncnc4ccc(Br)cc34)C2)C1. The van der Waals surface area contributed by atoms with Gasteiger partial charge in [0.1, 0.15) is 17.7 Å². The van der Waals surface area contributed by atoms with Crippen molar-refractivity contribution >= 4 is 38.7 Å². The fourth-order valence-corrected chi connectivity index (χ4v) is 4.22. The number of halogens is 1. The molecule has 6 nitrogen and oxygen atoms in total. The Morgan fingerprint density at radius 3 is 2.73 bits per heavy atom. The normalized spacial score (nSPS) is 19.1. The van der Waals surface area contributed by atoms with Gasteiger partial charge in [-0.05, 0) is 45.4 Å². The second-order valence-electron chi connectivity index (χ2n) is 8.37. The van der Waals surface area contributed by atoms with Crippen LogP contribution in [0.25, 0.3) is 10.9 Å². The third kappa shape index (κ3) is 3.24. The standard InChI is InChI=1S/C19H23BrN4O2/c1-18(2,3)26-17(25)24-10-19(11-24)6-7-23(9-19)16-14-8-13(20)4-5-15(14)21-12-22-16/h4-5,8,12H,6-7,9-11H2,1-3H3. The van der Waals surface area contributed by atoms with Crippen molar-refractivity contribution in [2.75, 3.05) is 31.1 Å². The highest BCUT2D eigenvalue weighted by Gasteiger charge is 2.50. The monoisotopic (exact) mass is 418 g/mol. The van der Waals surface area contributed by atoms with Gasteiger partial charge in [0.2, 0.25) is 0 Å². The topological polar surface area (TPSA) is 58.6 Å². The average molecular weight is 419 g/mol. The fraction of sp³-hybridized carbons (Fsp3) is 0.526. The Morgan fingerprint density at radius 1 is 1.23 bits per heavy atom. The molecule has 7 heteroatoms. The van der Waals surface area contributed by atoms with Gasteiger partial charge in [0.15, 0.2) is 0 Å². The minimum Gasteiger partial charge on any atom is -0.444 e. The van der Waals surface area contributed by atoms with Crippen LogP contribution in [0, 0.1) is 5.41 Å². The molecule has 3 heterocycles. The smallest absolute Gasteiger partial charge is 0.410 e. The average Bonchev–Trinajstić information content (AvgIpc) is 2.96. The van der Waals surface area contributed by atoms with Crippen LogP contribution in [0.5, 0.6) is 0 Å². The Morgan fingerprint density at radius 2 is 2.00 bits per heavy atom. The van der Waals surface area contributed by atoms with Crippen molar-refractivity contribution in [1.29, 1.82) is 0 Å². The van der Waals surface area contributed by atoms with E-state index in [-0.39, 0.29) is 11.5 Å². The van der Waals surface area contributed by atoms with Crippen LogP contribution in [0.2, 0.25) is 0 Å². The van der Waals surface area contributed by atoms with E-state index in [0.29, 0.717) is 0 Å². The Balaban J connectivity index is 1.47. The lowest BCUT2D eigenvalue weighted by Gasteiger charge is -2.47. The lowest BCUT2D eigenvalue weighted by atomic mass is 9.79. The Labute approximate surface area is 161 Å². The van der Waals surface area contributed by atoms with Crippen molar-refractivity contribution in [3.8, 4) is 0 Å². The predicted octanol–water partition coefficient (Wildman–Crippen LogP) is 3.84. The predicted molar refractivity (Wildman–Crippen MR) is 104 cm³/mol. The number of hydrogen-bond acceptors (Lipinski definition) is 5. The van der Waals surface area contributed by atoms with Crippen LogP contribution in [0.15, 0.2) is 29.0 Å². The molecule has 2 fully saturated rings. The maximum Gasteiger partial charge on any atom is 0.410 e. The van der Waals surface area contributed by atoms with Crippen LogP contribution in [-0.2, 0) is 4.74 Å². The minimum absolute atomic E-state index is 0.153. The van der Waals surface area contributed by atoms with Gasteiger partial charge in [0, 0.05) is 41.5 Å². The number of benzene rings is 1. The van der Waals surface area contributed by atoms with Crippen LogP contribution in [0.4, 0.5) is 10.6 Å². The zero-order valence-corrected chi connectivity index (χ0v) is 16.9. The molecule has 0 unspecified atom stereocenters. The summed E-state index contributed by atoms with van der Waals surface area (Å²) in [5, 5.41) is 1.06. The molecule has 0 bridgehead atoms. The summed E-state index contributed by atoms with van der Waals surface area (Å²) < 4.78 is 6.50. The Hall–Kier alpha value is -1.89. The molecule has 2 aromatic rings. The number of hydrogen-bond donors (Lipinski definition) is 0. The van der Waals surface area contributed by atoms with E-state index in [2.05, 4.69) is 36.9 Å². The van der Waals surface area contributed by atoms with Crippen molar-refractivity contribution < 1.29 is 9.53 Å². The first-order valence-corrected chi connectivity index (χ1v) is 9.67. The molecule has 2 aliphatic rings. The number of rotatable bonds is 1. The molecule has 0 aliphatic carbocycles. The lowest BCUT2D eigenvalue weighted by Crippen LogP contribution is -2.60. The summed E-state index contributed by atoms with van der Waals surface area (Å²) in [6, 6.07) is 6.07. The van der Waals surface area contributed by atoms with Gasteiger partial charge in [-0.15, -0.1) is 0 Å². The van der Waals surface area contributed by atoms with E-state index in [4.69, 9.17) is 4.74 Å². The summed E-state index contributed by atoms with van der Waals surface area (Å²) >= 11 is 3.54. The first kappa shape index (κ1) is 17.5. The first-order valence-electron chi connectivity index (χ1n) is 8.88. The molecule has 1 aromatic heterocycles. The second-order valence-corrected chi connectivity index (χ2v) is 9.28. The molecular formula is C19H23BrN4O2. The van der Waals surface area contributed by atoms with Crippen LogP contribution in [0.1, 0.15) is 27.2 Å². The molecular weight excluding hydrogens is 396 g/mol. The molecule has 1 spiro atoms. The van der Waals surface area contributed by atoms with Gasteiger partial charge in [0.25, 0.3) is 0 Å². The van der Waals surface area contributed by atoms with Gasteiger partial charge < -0.3 is 14.5 Å². The lowest BCUT2D eigenvalue weighted by molar-refractivity contribution is -0.0266. The van der Waals surface area contributed by atoms with Crippen LogP contribution in [0.3, 0.4) is 0 Å². The molecule has 0 radical (unpaired) electrons. The quantitative estimate of drug-likeness (QED) is 0.703. The summed E-state index contributed by atoms with van der Waals surface area (Å²) in [5.74, 6) is 0.976. The number of anilines is 1. The molecule has 1 amide bonds. The zero-order chi connectivity index (χ0) is 18.5. The molecule has 1 aromatic carbocycles. The number of carbonyl (C=O) groups is 1. The summed E-state index contributed by atoms with van der Waals surface area (Å²) in [5.41, 5.74) is 0.651. The minimum atomic E-state index is -0.450. The van der Waals surface area contributed by atoms with Crippen molar-refractivity contribution in [2.24, 2.45) is 5.41 Å². The largest absolute Gasteiger partial charge is 0.444 e. The van der Waals surface area contributed by atoms with Crippen molar-refractivity contribution in [3.63, 3.8) is 0 Å². The van der Waals surface area contributed by atoms with E-state index in [1.54, 1.807) is 6.33 Å². The van der Waals surface area contributed by atoms with Gasteiger partial charge in [-0.1, -0.05) is 15.9 Å². The van der Waals surface area contributed by atoms with Gasteiger partial charge in [-0.3, -0.25) is 0 Å². The zero-order valence-electron chi connectivity index (χ0n) is 15.3. The van der Waals surface area contributed by atoms with Crippen LogP contribution < -0.4 is 4.90 Å². The van der Waals surface area contributed by atoms with E-state index in [1.807, 2.05) is 37.8 Å². The number of ether oxygens (including phenoxy) is 1. The highest BCUT2D eigenvalue weighted by atomic mass is 79.9. The Kier molecular flexibility index (Phi) is 4.10. The summed E-state index contributed by atoms with van der Waals surface area (Å²) in [7, 11) is 0. The number of aromatic nitrogens is 2. The molecule has 26 heavy (non-hydrogen) atoms. The van der Waals surface area contributed by atoms with E-state index >= 15 is 0 Å². The summed E-state index contributed by atoms with van der Waals surface area (Å²) in [6.45, 7) is 9.06. The number of likely N-dealkylation sites (tertiary alicyclic amines) is 1. The van der Waals surface area contributed by atoms with Gasteiger partial charge in [-0.25, -0.2) is 14.8 Å². The van der Waals surface area contributed by atoms with Crippen molar-refractivity contribution in [2.45, 2.75) is 32.8 Å². The van der Waals surface area contributed by atoms with Crippen molar-refractivity contribution in [3.05, 3.63) is 29.0 Å². The molecule has 2 saturated heterocycles. The highest BCUT2D eigenvalue weighted by molar-refractivity contribution is 9.10. The molecule has 4 rings (SSSR count). The van der Waals surface area contributed by atoms with E-state index in [1.165, 1.54) is 0 Å². The number of nitrogens with zero attached hydrogens (tertiary/aromatic N) is 4. The van der Waals surface area contributed by atoms with Crippen LogP contribution >= 0.6 is 15.9 Å². The molecule has 0 N–H and O–H groups in total. The third-order valence-electron chi connectivity index (χ3n) is 5.02. The summed E-state index contributed by atoms with van der Waals surface area (Å²) in [4.78, 5) is 25.3. The summed E-state index contributed by atoms with van der Waals surface area (Å²) in [6.07, 6.45) is 2.48. The maximum absolute atomic E-state index is 12.2. The van der Waals surface area contributed by atoms with Crippen molar-refractivity contribution in [1.82, 2.24) is 14.9 Å². The van der Waals surface area contributed by atoms with Gasteiger partial charge in [-0.2, -0.15) is 0 Å². The van der Waals surface area contributed by atoms with E-state index < -0.39 is 5.60 Å². The fourth-order valence-electron chi connectivity index (χ4n) is 3.86. The third-order valence-corrected chi connectivity index (χ3v) is 5.51. The highest BCUT2D eigenvalue weighted by Crippen LogP contribution is 2.42. The van der Waals surface area contributed by atoms with E-state index in [0.717, 1.165) is 53.8 Å². The Bertz CT molecular complexity index is 858. The number of amides is 1. The first-order chi connectivity index (χ1) is 12.2. The molecule has 138 valence electrons. The maximum atomic E-state index is 12.2. The molecule has 0 atom stereocenters. The van der Waals surface area contributed by atoms with Crippen LogP contribution in [-0.4, -0.2) is 52.7 Å². The van der Waals surface area contributed by atoms with Gasteiger partial charge in [0.05, 0.1) is 5.52 Å². The van der Waals surface area contributed by atoms with E-state index in [9.17, 15) is 4.79 Å². The number of fused-ring (bicyclic) bond motifs is 1. The second kappa shape index (κ2) is 6.08. The molecule has 2 aliphatic heterocycles.